The number of halogens is 4. The summed E-state index contributed by atoms with van der Waals surface area (Å²) in [6, 6.07) is 15.3. The van der Waals surface area contributed by atoms with Gasteiger partial charge < -0.3 is 23.3 Å². The van der Waals surface area contributed by atoms with E-state index in [4.69, 9.17) is 9.47 Å². The van der Waals surface area contributed by atoms with Crippen LogP contribution < -0.4 is 20.6 Å². The summed E-state index contributed by atoms with van der Waals surface area (Å²) >= 11 is 5.36. The van der Waals surface area contributed by atoms with Gasteiger partial charge in [-0.15, -0.1) is 22.7 Å². The molecule has 0 amide bonds. The second kappa shape index (κ2) is 17.1. The van der Waals surface area contributed by atoms with E-state index in [-0.39, 0.29) is 11.1 Å². The van der Waals surface area contributed by atoms with Crippen LogP contribution in [0.25, 0.3) is 42.5 Å². The molecule has 0 aliphatic heterocycles. The first-order valence-corrected chi connectivity index (χ1v) is 21.0. The molecule has 2 aromatic carbocycles. The van der Waals surface area contributed by atoms with E-state index in [2.05, 4.69) is 47.5 Å². The topological polar surface area (TPSA) is 184 Å². The molecule has 16 nitrogen and oxygen atoms in total. The van der Waals surface area contributed by atoms with E-state index >= 15 is 0 Å². The molecule has 0 bridgehead atoms. The van der Waals surface area contributed by atoms with E-state index in [1.807, 2.05) is 78.7 Å². The van der Waals surface area contributed by atoms with Crippen molar-refractivity contribution in [1.82, 2.24) is 38.7 Å². The quantitative estimate of drug-likeness (QED) is 0.102. The van der Waals surface area contributed by atoms with Crippen molar-refractivity contribution < 1.29 is 40.1 Å². The number of fused-ring (bicyclic) bond motifs is 6. The molecule has 6 aromatic heterocycles. The second-order valence-corrected chi connectivity index (χ2v) is 17.9. The fourth-order valence-corrected chi connectivity index (χ4v) is 8.95. The summed E-state index contributed by atoms with van der Waals surface area (Å²) in [5.74, 6) is -0.916. The molecule has 0 spiro atoms. The first kappa shape index (κ1) is 43.2. The van der Waals surface area contributed by atoms with Crippen LogP contribution in [0.4, 0.5) is 12.7 Å². The Kier molecular flexibility index (Phi) is 12.5. The van der Waals surface area contributed by atoms with Crippen molar-refractivity contribution in [3.05, 3.63) is 101 Å². The third-order valence-corrected chi connectivity index (χ3v) is 12.3. The smallest absolute Gasteiger partial charge is 0.470 e. The summed E-state index contributed by atoms with van der Waals surface area (Å²) in [6.45, 7) is 2.76. The first-order chi connectivity index (χ1) is 27.9. The molecule has 0 atom stereocenters. The van der Waals surface area contributed by atoms with E-state index in [1.54, 1.807) is 49.3 Å². The molecule has 0 unspecified atom stereocenters. The maximum atomic E-state index is 12.9. The summed E-state index contributed by atoms with van der Waals surface area (Å²) < 4.78 is 77.8. The van der Waals surface area contributed by atoms with Crippen molar-refractivity contribution in [1.29, 1.82) is 0 Å². The number of esters is 1. The lowest BCUT2D eigenvalue weighted by Gasteiger charge is -2.07. The number of rotatable bonds is 8. The number of ether oxygens (including phenoxy) is 3. The van der Waals surface area contributed by atoms with Gasteiger partial charge in [-0.25, -0.2) is 24.1 Å². The fraction of sp³-hybridized carbons (Fsp3) is 0.250. The number of aromatic nitrogens is 8. The van der Waals surface area contributed by atoms with Crippen molar-refractivity contribution in [2.45, 2.75) is 25.3 Å². The molecular weight excluding hydrogens is 953 g/mol. The van der Waals surface area contributed by atoms with Crippen LogP contribution in [0, 0.1) is 9.94 Å². The van der Waals surface area contributed by atoms with Crippen LogP contribution in [-0.2, 0) is 46.9 Å². The predicted octanol–water partition coefficient (Wildman–Crippen LogP) is 5.77. The number of hydrogen-bond acceptors (Lipinski definition) is 14. The molecule has 0 saturated heterocycles. The van der Waals surface area contributed by atoms with Gasteiger partial charge in [0.25, 0.3) is 11.1 Å². The Morgan fingerprint density at radius 2 is 1.25 bits per heavy atom. The van der Waals surface area contributed by atoms with Gasteiger partial charge in [-0.05, 0) is 64.9 Å². The molecule has 0 fully saturated rings. The molecule has 59 heavy (non-hydrogen) atoms. The molecule has 8 aromatic rings. The molecule has 0 aliphatic rings. The fourth-order valence-electron chi connectivity index (χ4n) is 5.99. The number of hydrogen-bond donors (Lipinski definition) is 0. The van der Waals surface area contributed by atoms with Crippen LogP contribution in [0.1, 0.15) is 16.1 Å². The van der Waals surface area contributed by atoms with Crippen molar-refractivity contribution >= 4 is 104 Å². The molecule has 23 heteroatoms. The highest BCUT2D eigenvalue weighted by Crippen LogP contribution is 2.32. The van der Waals surface area contributed by atoms with Gasteiger partial charge >= 0.3 is 21.4 Å². The normalized spacial score (nSPS) is 11.7. The van der Waals surface area contributed by atoms with Gasteiger partial charge in [-0.2, -0.15) is 27.4 Å². The number of alkyl halides is 2. The lowest BCUT2D eigenvalue weighted by molar-refractivity contribution is -0.157. The van der Waals surface area contributed by atoms with Crippen molar-refractivity contribution in [3.63, 3.8) is 0 Å². The molecule has 0 N–H and O–H groups in total. The molecule has 0 aliphatic carbocycles. The van der Waals surface area contributed by atoms with Gasteiger partial charge in [0.2, 0.25) is 0 Å². The molecule has 0 saturated carbocycles. The highest BCUT2D eigenvalue weighted by Gasteiger charge is 2.55. The van der Waals surface area contributed by atoms with Crippen LogP contribution in [-0.4, -0.2) is 79.6 Å². The number of thiazole rings is 2. The largest absolute Gasteiger partial charge is 0.497 e. The minimum absolute atomic E-state index is 0.110. The molecular formula is C36H32F3IN8O8S3. The zero-order valence-corrected chi connectivity index (χ0v) is 36.4. The van der Waals surface area contributed by atoms with Gasteiger partial charge in [0, 0.05) is 24.9 Å². The summed E-state index contributed by atoms with van der Waals surface area (Å²) in [5, 5.41) is 6.32. The number of benzene rings is 2. The summed E-state index contributed by atoms with van der Waals surface area (Å²) in [6.07, 6.45) is 3.52. The van der Waals surface area contributed by atoms with Gasteiger partial charge in [0.15, 0.2) is 14.3 Å². The first-order valence-electron chi connectivity index (χ1n) is 16.9. The third-order valence-electron chi connectivity index (χ3n) is 8.79. The summed E-state index contributed by atoms with van der Waals surface area (Å²) in [4.78, 5) is 44.7. The highest BCUT2D eigenvalue weighted by atomic mass is 127. The maximum absolute atomic E-state index is 12.9. The van der Waals surface area contributed by atoms with Crippen molar-refractivity contribution in [3.8, 4) is 11.5 Å². The van der Waals surface area contributed by atoms with Crippen molar-refractivity contribution in [2.75, 3.05) is 21.3 Å². The average molecular weight is 985 g/mol. The van der Waals surface area contributed by atoms with Gasteiger partial charge in [-0.1, -0.05) is 28.2 Å². The Bertz CT molecular complexity index is 2940. The zero-order chi connectivity index (χ0) is 43.0. The lowest BCUT2D eigenvalue weighted by atomic mass is 10.2. The lowest BCUT2D eigenvalue weighted by Crippen LogP contribution is -2.36. The van der Waals surface area contributed by atoms with E-state index in [1.165, 1.54) is 9.36 Å². The molecule has 8 rings (SSSR count). The molecule has 0 radical (unpaired) electrons. The van der Waals surface area contributed by atoms with Crippen LogP contribution in [0.5, 0.6) is 11.5 Å². The minimum atomic E-state index is -6.22. The second-order valence-electron chi connectivity index (χ2n) is 12.5. The minimum Gasteiger partial charge on any atom is -0.497 e. The third kappa shape index (κ3) is 8.54. The van der Waals surface area contributed by atoms with E-state index in [9.17, 15) is 35.5 Å². The van der Waals surface area contributed by atoms with Gasteiger partial charge in [-0.3, -0.25) is 9.59 Å². The number of aryl methyl sites for hydroxylation is 3. The Morgan fingerprint density at radius 3 is 1.68 bits per heavy atom. The van der Waals surface area contributed by atoms with Crippen LogP contribution >= 0.6 is 45.3 Å². The Morgan fingerprint density at radius 1 is 0.797 bits per heavy atom. The van der Waals surface area contributed by atoms with Crippen LogP contribution in [0.15, 0.2) is 70.5 Å². The van der Waals surface area contributed by atoms with E-state index in [0.717, 1.165) is 62.1 Å². The van der Waals surface area contributed by atoms with E-state index in [0.29, 0.717) is 31.2 Å². The Hall–Kier alpha value is -5.40. The van der Waals surface area contributed by atoms with E-state index < -0.39 is 21.4 Å². The van der Waals surface area contributed by atoms with Gasteiger partial charge in [0.05, 0.1) is 61.2 Å². The maximum Gasteiger partial charge on any atom is 0.470 e. The highest BCUT2D eigenvalue weighted by molar-refractivity contribution is 14.1. The zero-order valence-electron chi connectivity index (χ0n) is 31.8. The number of methoxy groups -OCH3 is 3. The standard InChI is InChI=1S/C17H16N4O2S.C16H13IN4O2S.C3H3F3O4S/c1-10-19-16-15(24-10)13-8-18-21(17(22)14(13)20(16)2)9-11-5-4-6-12(7-11)23-3;1-20-12-11(13-14(20)19-16(17)24-13)7-18-21(15(12)22)8-9-4-3-5-10(6-9)23-2;1-10-2(7)3(4,5)11(6,8)9/h4-8H,9H2,1-3H3;3-7H,8H2,1-2H3;1H3. The summed E-state index contributed by atoms with van der Waals surface area (Å²) in [7, 11) is 1.29. The molecule has 6 heterocycles. The molecule has 310 valence electrons. The van der Waals surface area contributed by atoms with Crippen LogP contribution in [0.3, 0.4) is 0 Å². The van der Waals surface area contributed by atoms with Crippen LogP contribution in [0.2, 0.25) is 0 Å². The Labute approximate surface area is 353 Å². The number of nitrogens with zero attached hydrogens (tertiary/aromatic N) is 8. The monoisotopic (exact) mass is 984 g/mol. The van der Waals surface area contributed by atoms with Gasteiger partial charge in [0.1, 0.15) is 22.5 Å². The number of carbonyl (C=O) groups excluding carboxylic acids is 1. The van der Waals surface area contributed by atoms with Crippen molar-refractivity contribution in [2.24, 2.45) is 14.1 Å². The summed E-state index contributed by atoms with van der Waals surface area (Å²) in [5.41, 5.74) is 4.65. The Balaban J connectivity index is 0.000000160. The number of carbonyl (C=O) groups is 1. The average Bonchev–Trinajstić information content (AvgIpc) is 3.93. The SMILES string of the molecule is COC(=O)C(F)(F)S(=O)(=O)F.COc1cccc(Cn2ncc3c4sc(C)nc4n(C)c3c2=O)c1.COc1cccc(Cn2ncc3c4sc(I)nc4n(C)c3c2=O)c1. The predicted molar refractivity (Wildman–Crippen MR) is 225 cm³/mol.